The fourth-order valence-electron chi connectivity index (χ4n) is 3.81. The van der Waals surface area contributed by atoms with Crippen molar-refractivity contribution in [2.24, 2.45) is 0 Å². The number of nitrogens with zero attached hydrogens (tertiary/aromatic N) is 1. The smallest absolute Gasteiger partial charge is 0.0840 e. The minimum Gasteiger partial charge on any atom is -0.372 e. The van der Waals surface area contributed by atoms with Crippen LogP contribution in [-0.2, 0) is 22.6 Å². The third kappa shape index (κ3) is 3.89. The van der Waals surface area contributed by atoms with Crippen LogP contribution in [0.25, 0.3) is 0 Å². The highest BCUT2D eigenvalue weighted by Crippen LogP contribution is 2.37. The van der Waals surface area contributed by atoms with Crippen LogP contribution in [0.15, 0.2) is 47.2 Å². The van der Waals surface area contributed by atoms with Gasteiger partial charge in [0.05, 0.1) is 24.9 Å². The van der Waals surface area contributed by atoms with Crippen molar-refractivity contribution in [1.82, 2.24) is 4.90 Å². The lowest BCUT2D eigenvalue weighted by molar-refractivity contribution is -0.0468. The molecule has 0 saturated carbocycles. The summed E-state index contributed by atoms with van der Waals surface area (Å²) in [6.45, 7) is 4.77. The van der Waals surface area contributed by atoms with Crippen molar-refractivity contribution in [2.75, 3.05) is 19.7 Å². The van der Waals surface area contributed by atoms with Crippen LogP contribution in [0.2, 0.25) is 0 Å². The summed E-state index contributed by atoms with van der Waals surface area (Å²) < 4.78 is 12.3. The summed E-state index contributed by atoms with van der Waals surface area (Å²) in [4.78, 5) is 2.55. The highest BCUT2D eigenvalue weighted by atomic mass is 32.1. The van der Waals surface area contributed by atoms with Gasteiger partial charge in [0.2, 0.25) is 0 Å². The van der Waals surface area contributed by atoms with Crippen molar-refractivity contribution < 1.29 is 9.47 Å². The second-order valence-corrected chi connectivity index (χ2v) is 7.80. The Morgan fingerprint density at radius 2 is 1.96 bits per heavy atom. The van der Waals surface area contributed by atoms with E-state index in [4.69, 9.17) is 9.47 Å². The van der Waals surface area contributed by atoms with Crippen LogP contribution in [0.4, 0.5) is 0 Å². The molecule has 1 atom stereocenters. The Kier molecular flexibility index (Phi) is 4.99. The Bertz CT molecular complexity index is 620. The molecule has 2 saturated heterocycles. The Morgan fingerprint density at radius 1 is 1.12 bits per heavy atom. The molecule has 1 aromatic carbocycles. The number of thiophene rings is 1. The van der Waals surface area contributed by atoms with Gasteiger partial charge in [-0.3, -0.25) is 4.90 Å². The molecule has 2 fully saturated rings. The van der Waals surface area contributed by atoms with Crippen molar-refractivity contribution in [2.45, 2.75) is 44.1 Å². The van der Waals surface area contributed by atoms with Crippen LogP contribution in [0.1, 0.15) is 30.4 Å². The summed E-state index contributed by atoms with van der Waals surface area (Å²) in [7, 11) is 0. The van der Waals surface area contributed by atoms with Crippen LogP contribution < -0.4 is 0 Å². The molecule has 128 valence electrons. The number of piperidine rings is 1. The molecular formula is C20H25NO2S. The first-order valence-electron chi connectivity index (χ1n) is 8.84. The van der Waals surface area contributed by atoms with Crippen molar-refractivity contribution in [3.8, 4) is 0 Å². The fraction of sp³-hybridized carbons (Fsp3) is 0.500. The number of hydrogen-bond acceptors (Lipinski definition) is 4. The summed E-state index contributed by atoms with van der Waals surface area (Å²) in [5.74, 6) is 0. The second kappa shape index (κ2) is 7.36. The lowest BCUT2D eigenvalue weighted by Crippen LogP contribution is -2.43. The molecule has 0 radical (unpaired) electrons. The van der Waals surface area contributed by atoms with E-state index in [-0.39, 0.29) is 11.7 Å². The molecule has 0 bridgehead atoms. The standard InChI is InChI=1S/C20H25NO2S/c1-2-4-17(5-3-1)14-22-19-12-20(23-15-19)7-9-21(10-8-20)13-18-6-11-24-16-18/h1-6,11,16,19H,7-10,12-15H2. The Balaban J connectivity index is 1.24. The minimum atomic E-state index is 0.0620. The monoisotopic (exact) mass is 343 g/mol. The molecule has 0 aliphatic carbocycles. The lowest BCUT2D eigenvalue weighted by atomic mass is 9.88. The average Bonchev–Trinajstić information content (AvgIpc) is 3.27. The topological polar surface area (TPSA) is 21.7 Å². The van der Waals surface area contributed by atoms with E-state index >= 15 is 0 Å². The van der Waals surface area contributed by atoms with E-state index < -0.39 is 0 Å². The fourth-order valence-corrected chi connectivity index (χ4v) is 4.47. The van der Waals surface area contributed by atoms with E-state index in [1.807, 2.05) is 6.07 Å². The van der Waals surface area contributed by atoms with E-state index in [1.54, 1.807) is 11.3 Å². The zero-order valence-corrected chi connectivity index (χ0v) is 14.8. The summed E-state index contributed by atoms with van der Waals surface area (Å²) in [5, 5.41) is 4.42. The van der Waals surface area contributed by atoms with E-state index in [0.717, 1.165) is 45.5 Å². The van der Waals surface area contributed by atoms with E-state index in [2.05, 4.69) is 46.0 Å². The molecule has 3 nitrogen and oxygen atoms in total. The molecule has 1 spiro atoms. The number of likely N-dealkylation sites (tertiary alicyclic amines) is 1. The van der Waals surface area contributed by atoms with Crippen LogP contribution >= 0.6 is 11.3 Å². The van der Waals surface area contributed by atoms with Gasteiger partial charge < -0.3 is 9.47 Å². The summed E-state index contributed by atoms with van der Waals surface area (Å²) >= 11 is 1.78. The molecule has 4 heteroatoms. The summed E-state index contributed by atoms with van der Waals surface area (Å²) in [5.41, 5.74) is 2.74. The van der Waals surface area contributed by atoms with Crippen molar-refractivity contribution in [3.05, 3.63) is 58.3 Å². The van der Waals surface area contributed by atoms with Gasteiger partial charge in [0.15, 0.2) is 0 Å². The van der Waals surface area contributed by atoms with Crippen LogP contribution in [0.3, 0.4) is 0 Å². The van der Waals surface area contributed by atoms with Crippen molar-refractivity contribution in [3.63, 3.8) is 0 Å². The molecule has 2 aliphatic rings. The zero-order valence-electron chi connectivity index (χ0n) is 14.0. The first kappa shape index (κ1) is 16.3. The molecular weight excluding hydrogens is 318 g/mol. The maximum absolute atomic E-state index is 6.22. The molecule has 24 heavy (non-hydrogen) atoms. The second-order valence-electron chi connectivity index (χ2n) is 7.02. The predicted octanol–water partition coefficient (Wildman–Crippen LogP) is 4.09. The molecule has 1 aromatic heterocycles. The Hall–Kier alpha value is -1.20. The maximum atomic E-state index is 6.22. The van der Waals surface area contributed by atoms with Gasteiger partial charge in [0.1, 0.15) is 0 Å². The van der Waals surface area contributed by atoms with Gasteiger partial charge in [-0.2, -0.15) is 11.3 Å². The number of hydrogen-bond donors (Lipinski definition) is 0. The maximum Gasteiger partial charge on any atom is 0.0840 e. The molecule has 2 aliphatic heterocycles. The van der Waals surface area contributed by atoms with Crippen molar-refractivity contribution >= 4 is 11.3 Å². The predicted molar refractivity (Wildman–Crippen MR) is 97.1 cm³/mol. The van der Waals surface area contributed by atoms with Crippen LogP contribution in [0, 0.1) is 0 Å². The van der Waals surface area contributed by atoms with Crippen molar-refractivity contribution in [1.29, 1.82) is 0 Å². The Morgan fingerprint density at radius 3 is 2.71 bits per heavy atom. The SMILES string of the molecule is c1ccc(COC2COC3(CCN(Cc4ccsc4)CC3)C2)cc1. The minimum absolute atomic E-state index is 0.0620. The van der Waals surface area contributed by atoms with Gasteiger partial charge in [-0.05, 0) is 40.8 Å². The molecule has 0 N–H and O–H groups in total. The Labute approximate surface area is 148 Å². The third-order valence-corrected chi connectivity index (χ3v) is 5.99. The van der Waals surface area contributed by atoms with Crippen LogP contribution in [0.5, 0.6) is 0 Å². The molecule has 2 aromatic rings. The summed E-state index contributed by atoms with van der Waals surface area (Å²) in [6, 6.07) is 12.6. The van der Waals surface area contributed by atoms with Gasteiger partial charge >= 0.3 is 0 Å². The van der Waals surface area contributed by atoms with Crippen LogP contribution in [-0.4, -0.2) is 36.3 Å². The third-order valence-electron chi connectivity index (χ3n) is 5.26. The van der Waals surface area contributed by atoms with E-state index in [9.17, 15) is 0 Å². The molecule has 1 unspecified atom stereocenters. The molecule has 0 amide bonds. The van der Waals surface area contributed by atoms with Gasteiger partial charge in [0.25, 0.3) is 0 Å². The molecule has 4 rings (SSSR count). The van der Waals surface area contributed by atoms with Gasteiger partial charge in [0, 0.05) is 26.1 Å². The van der Waals surface area contributed by atoms with Gasteiger partial charge in [-0.15, -0.1) is 0 Å². The average molecular weight is 343 g/mol. The number of ether oxygens (including phenoxy) is 2. The number of benzene rings is 1. The van der Waals surface area contributed by atoms with E-state index in [1.165, 1.54) is 11.1 Å². The molecule has 3 heterocycles. The first-order valence-corrected chi connectivity index (χ1v) is 9.79. The van der Waals surface area contributed by atoms with E-state index in [0.29, 0.717) is 6.61 Å². The number of rotatable bonds is 5. The van der Waals surface area contributed by atoms with Gasteiger partial charge in [-0.25, -0.2) is 0 Å². The normalized spacial score (nSPS) is 23.8. The largest absolute Gasteiger partial charge is 0.372 e. The lowest BCUT2D eigenvalue weighted by Gasteiger charge is -2.38. The van der Waals surface area contributed by atoms with Gasteiger partial charge in [-0.1, -0.05) is 30.3 Å². The summed E-state index contributed by atoms with van der Waals surface area (Å²) in [6.07, 6.45) is 3.55. The highest BCUT2D eigenvalue weighted by molar-refractivity contribution is 7.07. The quantitative estimate of drug-likeness (QED) is 0.816. The zero-order chi connectivity index (χ0) is 16.2. The first-order chi connectivity index (χ1) is 11.8. The highest BCUT2D eigenvalue weighted by Gasteiger charge is 2.43.